The minimum Gasteiger partial charge on any atom is -0.481 e. The lowest BCUT2D eigenvalue weighted by Crippen LogP contribution is -2.18. The third kappa shape index (κ3) is 6.77. The third-order valence-electron chi connectivity index (χ3n) is 7.79. The number of benzene rings is 2. The zero-order valence-electron chi connectivity index (χ0n) is 22.2. The molecule has 3 aromatic rings. The molecule has 0 radical (unpaired) electrons. The van der Waals surface area contributed by atoms with Crippen LogP contribution in [0.5, 0.6) is 0 Å². The summed E-state index contributed by atoms with van der Waals surface area (Å²) >= 11 is 3.54. The molecule has 2 aromatic carbocycles. The minimum atomic E-state index is -0.903. The summed E-state index contributed by atoms with van der Waals surface area (Å²) in [6.45, 7) is 3.66. The number of aliphatic hydroxyl groups is 1. The number of carboxylic acid groups (broad SMARTS) is 1. The highest BCUT2D eigenvalue weighted by Crippen LogP contribution is 2.57. The molecule has 0 saturated heterocycles. The number of rotatable bonds is 12. The fourth-order valence-electron chi connectivity index (χ4n) is 5.27. The Morgan fingerprint density at radius 2 is 1.97 bits per heavy atom. The maximum atomic E-state index is 11.6. The van der Waals surface area contributed by atoms with Gasteiger partial charge in [0.2, 0.25) is 0 Å². The first-order valence-corrected chi connectivity index (χ1v) is 15.4. The molecule has 0 aliphatic heterocycles. The van der Waals surface area contributed by atoms with E-state index in [0.717, 1.165) is 47.4 Å². The summed E-state index contributed by atoms with van der Waals surface area (Å²) in [6, 6.07) is 16.7. The molecule has 2 N–H and O–H groups in total. The lowest BCUT2D eigenvalue weighted by Gasteiger charge is -2.25. The van der Waals surface area contributed by atoms with E-state index in [1.807, 2.05) is 43.8 Å². The molecule has 5 rings (SSSR count). The Labute approximate surface area is 234 Å². The van der Waals surface area contributed by atoms with Crippen LogP contribution in [0.4, 0.5) is 0 Å². The second-order valence-electron chi connectivity index (χ2n) is 11.4. The molecule has 0 spiro atoms. The first-order chi connectivity index (χ1) is 18.2. The number of aliphatic carboxylic acids is 1. The fourth-order valence-corrected chi connectivity index (χ4v) is 7.73. The van der Waals surface area contributed by atoms with Crippen LogP contribution in [0, 0.1) is 0 Å². The zero-order valence-corrected chi connectivity index (χ0v) is 23.9. The van der Waals surface area contributed by atoms with Gasteiger partial charge < -0.3 is 10.2 Å². The van der Waals surface area contributed by atoms with Gasteiger partial charge in [0.25, 0.3) is 0 Å². The highest BCUT2D eigenvalue weighted by atomic mass is 32.2. The van der Waals surface area contributed by atoms with Gasteiger partial charge in [0.1, 0.15) is 5.01 Å². The molecule has 2 aliphatic rings. The number of carboxylic acids is 1. The van der Waals surface area contributed by atoms with Crippen LogP contribution in [-0.4, -0.2) is 25.9 Å². The van der Waals surface area contributed by atoms with Crippen molar-refractivity contribution in [3.8, 4) is 0 Å². The van der Waals surface area contributed by atoms with E-state index in [4.69, 9.17) is 4.98 Å². The average molecular weight is 548 g/mol. The highest BCUT2D eigenvalue weighted by Gasteiger charge is 2.47. The van der Waals surface area contributed by atoms with E-state index < -0.39 is 11.6 Å². The number of thioether (sulfide) groups is 1. The van der Waals surface area contributed by atoms with Crippen molar-refractivity contribution >= 4 is 41.2 Å². The van der Waals surface area contributed by atoms with Gasteiger partial charge in [-0.15, -0.1) is 23.1 Å². The molecule has 1 heterocycles. The first-order valence-electron chi connectivity index (χ1n) is 13.6. The summed E-state index contributed by atoms with van der Waals surface area (Å²) in [6.07, 6.45) is 11.9. The molecule has 200 valence electrons. The van der Waals surface area contributed by atoms with E-state index in [2.05, 4.69) is 47.9 Å². The topological polar surface area (TPSA) is 70.4 Å². The molecule has 1 unspecified atom stereocenters. The van der Waals surface area contributed by atoms with E-state index >= 15 is 0 Å². The van der Waals surface area contributed by atoms with Crippen molar-refractivity contribution in [2.45, 2.75) is 86.7 Å². The van der Waals surface area contributed by atoms with Crippen molar-refractivity contribution < 1.29 is 15.0 Å². The van der Waals surface area contributed by atoms with Crippen LogP contribution < -0.4 is 0 Å². The van der Waals surface area contributed by atoms with Gasteiger partial charge in [-0.1, -0.05) is 61.0 Å². The van der Waals surface area contributed by atoms with Gasteiger partial charge in [-0.2, -0.15) is 0 Å². The van der Waals surface area contributed by atoms with Crippen LogP contribution in [0.15, 0.2) is 53.9 Å². The van der Waals surface area contributed by atoms with Crippen LogP contribution in [-0.2, 0) is 16.8 Å². The number of nitrogens with zero attached hydrogens (tertiary/aromatic N) is 1. The average Bonchev–Trinajstić information content (AvgIpc) is 3.43. The Balaban J connectivity index is 1.36. The lowest BCUT2D eigenvalue weighted by molar-refractivity contribution is -0.137. The smallest absolute Gasteiger partial charge is 0.304 e. The van der Waals surface area contributed by atoms with Gasteiger partial charge in [-0.05, 0) is 80.7 Å². The lowest BCUT2D eigenvalue weighted by atomic mass is 9.83. The number of hydrogen-bond donors (Lipinski definition) is 2. The van der Waals surface area contributed by atoms with Gasteiger partial charge >= 0.3 is 5.97 Å². The maximum absolute atomic E-state index is 11.6. The maximum Gasteiger partial charge on any atom is 0.304 e. The van der Waals surface area contributed by atoms with Crippen molar-refractivity contribution in [3.05, 3.63) is 86.9 Å². The number of thiazole rings is 1. The van der Waals surface area contributed by atoms with Crippen molar-refractivity contribution in [2.24, 2.45) is 0 Å². The number of carbonyl (C=O) groups is 1. The Bertz CT molecular complexity index is 1300. The van der Waals surface area contributed by atoms with Gasteiger partial charge in [0, 0.05) is 21.3 Å². The van der Waals surface area contributed by atoms with Crippen LogP contribution in [0.1, 0.15) is 103 Å². The normalized spacial score (nSPS) is 17.9. The predicted octanol–water partition coefficient (Wildman–Crippen LogP) is 8.22. The highest BCUT2D eigenvalue weighted by molar-refractivity contribution is 8.01. The quantitative estimate of drug-likeness (QED) is 0.239. The van der Waals surface area contributed by atoms with Gasteiger partial charge in [0.15, 0.2) is 0 Å². The summed E-state index contributed by atoms with van der Waals surface area (Å²) in [5.41, 5.74) is 4.80. The van der Waals surface area contributed by atoms with E-state index in [-0.39, 0.29) is 16.4 Å². The van der Waals surface area contributed by atoms with E-state index in [0.29, 0.717) is 5.92 Å². The van der Waals surface area contributed by atoms with Gasteiger partial charge in [0.05, 0.1) is 17.7 Å². The van der Waals surface area contributed by atoms with Crippen LogP contribution in [0.3, 0.4) is 0 Å². The minimum absolute atomic E-state index is 0.170. The summed E-state index contributed by atoms with van der Waals surface area (Å²) in [5, 5.41) is 23.7. The molecule has 1 aromatic heterocycles. The largest absolute Gasteiger partial charge is 0.481 e. The molecule has 1 atom stereocenters. The molecule has 4 nitrogen and oxygen atoms in total. The van der Waals surface area contributed by atoms with Crippen LogP contribution in [0.25, 0.3) is 12.2 Å². The summed E-state index contributed by atoms with van der Waals surface area (Å²) < 4.78 is -0.170. The number of aromatic nitrogens is 1. The van der Waals surface area contributed by atoms with Gasteiger partial charge in [-0.25, -0.2) is 4.98 Å². The molecule has 0 amide bonds. The molecule has 2 aliphatic carbocycles. The zero-order chi connectivity index (χ0) is 26.8. The monoisotopic (exact) mass is 547 g/mol. The molecular formula is C32H37NO3S2. The van der Waals surface area contributed by atoms with Crippen molar-refractivity contribution in [1.82, 2.24) is 4.98 Å². The molecule has 2 fully saturated rings. The number of hydrogen-bond acceptors (Lipinski definition) is 5. The van der Waals surface area contributed by atoms with Gasteiger partial charge in [-0.3, -0.25) is 4.79 Å². The first kappa shape index (κ1) is 27.2. The third-order valence-corrected chi connectivity index (χ3v) is 10.5. The predicted molar refractivity (Wildman–Crippen MR) is 159 cm³/mol. The SMILES string of the molecule is CC(C)(O)c1ccccc1CCC(SC1(CC(=O)O)CC1)c1cccc(/C=C/c2nc(C3CCC3)cs2)c1. The summed E-state index contributed by atoms with van der Waals surface area (Å²) in [4.78, 5) is 16.4. The number of aryl methyl sites for hydroxylation is 1. The van der Waals surface area contributed by atoms with Crippen LogP contribution in [0.2, 0.25) is 0 Å². The van der Waals surface area contributed by atoms with Crippen molar-refractivity contribution in [2.75, 3.05) is 0 Å². The second-order valence-corrected chi connectivity index (χ2v) is 13.9. The molecule has 2 saturated carbocycles. The van der Waals surface area contributed by atoms with Crippen molar-refractivity contribution in [3.63, 3.8) is 0 Å². The fraction of sp³-hybridized carbons (Fsp3) is 0.438. The van der Waals surface area contributed by atoms with Crippen LogP contribution >= 0.6 is 23.1 Å². The Hall–Kier alpha value is -2.41. The van der Waals surface area contributed by atoms with Crippen molar-refractivity contribution in [1.29, 1.82) is 0 Å². The van der Waals surface area contributed by atoms with E-state index in [9.17, 15) is 15.0 Å². The Kier molecular flexibility index (Phi) is 8.13. The molecular weight excluding hydrogens is 510 g/mol. The summed E-state index contributed by atoms with van der Waals surface area (Å²) in [5.74, 6) is -0.0703. The summed E-state index contributed by atoms with van der Waals surface area (Å²) in [7, 11) is 0. The van der Waals surface area contributed by atoms with E-state index in [1.165, 1.54) is 30.5 Å². The Morgan fingerprint density at radius 3 is 2.66 bits per heavy atom. The standard InChI is InChI=1S/C32H37NO3S2/c1-31(2,36)26-12-4-3-8-23(26)14-15-28(38-32(17-18-32)20-30(34)35)25-11-5-7-22(19-25)13-16-29-33-27(21-37-29)24-9-6-10-24/h3-5,7-8,11-13,16,19,21,24,28,36H,6,9-10,14-15,17-18,20H2,1-2H3,(H,34,35)/b16-13+. The van der Waals surface area contributed by atoms with E-state index in [1.54, 1.807) is 11.3 Å². The molecule has 38 heavy (non-hydrogen) atoms. The second kappa shape index (κ2) is 11.4. The molecule has 0 bridgehead atoms. The Morgan fingerprint density at radius 1 is 1.18 bits per heavy atom. The molecule has 6 heteroatoms.